The zero-order valence-electron chi connectivity index (χ0n) is 18.5. The van der Waals surface area contributed by atoms with E-state index in [-0.39, 0.29) is 5.56 Å². The Bertz CT molecular complexity index is 1340. The number of aromatic nitrogens is 5. The van der Waals surface area contributed by atoms with Crippen LogP contribution < -0.4 is 10.2 Å². The summed E-state index contributed by atoms with van der Waals surface area (Å²) in [7, 11) is 1.94. The van der Waals surface area contributed by atoms with Gasteiger partial charge in [-0.1, -0.05) is 30.3 Å². The maximum Gasteiger partial charge on any atom is 0.337 e. The quantitative estimate of drug-likeness (QED) is 0.331. The highest BCUT2D eigenvalue weighted by molar-refractivity contribution is 9.10. The number of carboxylic acid groups (broad SMARTS) is 1. The fraction of sp³-hybridized carbons (Fsp3) is 0.217. The van der Waals surface area contributed by atoms with E-state index in [1.807, 2.05) is 60.0 Å². The molecule has 0 saturated heterocycles. The van der Waals surface area contributed by atoms with Gasteiger partial charge in [0.05, 0.1) is 21.5 Å². The number of nitrogens with one attached hydrogen (secondary N) is 2. The Morgan fingerprint density at radius 1 is 1.24 bits per heavy atom. The van der Waals surface area contributed by atoms with E-state index in [9.17, 15) is 9.90 Å². The first-order chi connectivity index (χ1) is 16.5. The van der Waals surface area contributed by atoms with Gasteiger partial charge >= 0.3 is 5.97 Å². The van der Waals surface area contributed by atoms with Gasteiger partial charge in [0.2, 0.25) is 12.2 Å². The second-order valence-electron chi connectivity index (χ2n) is 7.84. The number of aryl methyl sites for hydroxylation is 1. The first kappa shape index (κ1) is 22.1. The van der Waals surface area contributed by atoms with Crippen LogP contribution in [-0.2, 0) is 18.3 Å². The van der Waals surface area contributed by atoms with Gasteiger partial charge in [-0.25, -0.2) is 4.79 Å². The highest BCUT2D eigenvalue weighted by atomic mass is 79.9. The molecule has 3 N–H and O–H groups in total. The van der Waals surface area contributed by atoms with E-state index < -0.39 is 12.3 Å². The Morgan fingerprint density at radius 2 is 2.03 bits per heavy atom. The zero-order chi connectivity index (χ0) is 23.8. The summed E-state index contributed by atoms with van der Waals surface area (Å²) in [4.78, 5) is 13.8. The molecular weight excluding hydrogens is 502 g/mol. The number of carboxylic acids is 1. The second-order valence-corrected chi connectivity index (χ2v) is 8.59. The van der Waals surface area contributed by atoms with Gasteiger partial charge in [-0.05, 0) is 51.3 Å². The molecular formula is C23H22BrN7O3. The summed E-state index contributed by atoms with van der Waals surface area (Å²) >= 11 is 3.67. The average Bonchev–Trinajstić information content (AvgIpc) is 3.54. The van der Waals surface area contributed by atoms with Gasteiger partial charge in [0.25, 0.3) is 0 Å². The number of halogens is 1. The lowest BCUT2D eigenvalue weighted by Crippen LogP contribution is -2.38. The minimum atomic E-state index is -0.973. The zero-order valence-corrected chi connectivity index (χ0v) is 20.1. The maximum atomic E-state index is 11.9. The average molecular weight is 524 g/mol. The predicted molar refractivity (Wildman–Crippen MR) is 130 cm³/mol. The number of hydrogen-bond donors (Lipinski definition) is 3. The summed E-state index contributed by atoms with van der Waals surface area (Å²) in [6, 6.07) is 13.3. The summed E-state index contributed by atoms with van der Waals surface area (Å²) in [5.41, 5.74) is 5.43. The van der Waals surface area contributed by atoms with Gasteiger partial charge in [0.15, 0.2) is 0 Å². The van der Waals surface area contributed by atoms with E-state index in [1.165, 1.54) is 0 Å². The number of nitrogens with zero attached hydrogens (tertiary/aromatic N) is 5. The molecule has 5 rings (SSSR count). The number of fused-ring (bicyclic) bond motifs is 1. The number of benzene rings is 2. The van der Waals surface area contributed by atoms with Crippen molar-refractivity contribution in [1.29, 1.82) is 0 Å². The summed E-state index contributed by atoms with van der Waals surface area (Å²) in [5.74, 6) is -0.458. The van der Waals surface area contributed by atoms with Crippen molar-refractivity contribution < 1.29 is 14.6 Å². The van der Waals surface area contributed by atoms with Crippen LogP contribution >= 0.6 is 15.9 Å². The van der Waals surface area contributed by atoms with Crippen LogP contribution in [-0.4, -0.2) is 49.2 Å². The van der Waals surface area contributed by atoms with Crippen LogP contribution in [0.3, 0.4) is 0 Å². The van der Waals surface area contributed by atoms with Crippen LogP contribution in [0.4, 0.5) is 11.4 Å². The van der Waals surface area contributed by atoms with Crippen LogP contribution in [0.2, 0.25) is 0 Å². The lowest BCUT2D eigenvalue weighted by molar-refractivity contribution is 0.0694. The van der Waals surface area contributed by atoms with E-state index in [4.69, 9.17) is 4.74 Å². The predicted octanol–water partition coefficient (Wildman–Crippen LogP) is 4.09. The molecule has 2 aromatic heterocycles. The molecule has 4 aromatic rings. The second kappa shape index (κ2) is 8.92. The van der Waals surface area contributed by atoms with Crippen molar-refractivity contribution in [3.05, 3.63) is 64.4 Å². The Kier molecular flexibility index (Phi) is 5.80. The Morgan fingerprint density at radius 3 is 2.71 bits per heavy atom. The third-order valence-corrected chi connectivity index (χ3v) is 6.69. The van der Waals surface area contributed by atoms with Crippen molar-refractivity contribution in [2.24, 2.45) is 7.05 Å². The number of tetrazole rings is 1. The standard InChI is InChI=1S/C23H22BrN7O3/c1-3-34-23-25-17-6-4-5-15(22(32)33)19(17)31(23)11-13-7-9-14(10-8-13)18-16(12-30(2)20(18)24)21-26-28-29-27-21/h4-10,12,23,25H,3,11H2,1-2H3,(H,32,33)(H,26,27,28,29). The first-order valence-electron chi connectivity index (χ1n) is 10.7. The van der Waals surface area contributed by atoms with E-state index in [0.717, 1.165) is 32.5 Å². The number of aromatic amines is 1. The van der Waals surface area contributed by atoms with Gasteiger partial charge in [-0.3, -0.25) is 0 Å². The normalized spacial score (nSPS) is 14.8. The number of rotatable bonds is 7. The van der Waals surface area contributed by atoms with Crippen molar-refractivity contribution in [3.8, 4) is 22.5 Å². The lowest BCUT2D eigenvalue weighted by atomic mass is 10.0. The number of aromatic carboxylic acids is 1. The number of carbonyl (C=O) groups is 1. The molecule has 2 aromatic carbocycles. The molecule has 10 nitrogen and oxygen atoms in total. The highest BCUT2D eigenvalue weighted by Crippen LogP contribution is 2.40. The molecule has 34 heavy (non-hydrogen) atoms. The van der Waals surface area contributed by atoms with Crippen LogP contribution in [0.25, 0.3) is 22.5 Å². The molecule has 1 aliphatic heterocycles. The fourth-order valence-electron chi connectivity index (χ4n) is 4.22. The SMILES string of the molecule is CCOC1Nc2cccc(C(=O)O)c2N1Cc1ccc(-c2c(-c3nn[nH]n3)cn(C)c2Br)cc1. The van der Waals surface area contributed by atoms with Crippen LogP contribution in [0.1, 0.15) is 22.8 Å². The molecule has 0 aliphatic carbocycles. The van der Waals surface area contributed by atoms with E-state index in [0.29, 0.717) is 24.7 Å². The first-order valence-corrected chi connectivity index (χ1v) is 11.5. The summed E-state index contributed by atoms with van der Waals surface area (Å²) in [5, 5.41) is 27.4. The highest BCUT2D eigenvalue weighted by Gasteiger charge is 2.33. The minimum absolute atomic E-state index is 0.238. The van der Waals surface area contributed by atoms with E-state index in [1.54, 1.807) is 12.1 Å². The molecule has 1 aliphatic rings. The van der Waals surface area contributed by atoms with Crippen LogP contribution in [0, 0.1) is 0 Å². The van der Waals surface area contributed by atoms with Crippen molar-refractivity contribution in [1.82, 2.24) is 25.2 Å². The number of anilines is 2. The van der Waals surface area contributed by atoms with Crippen LogP contribution in [0.15, 0.2) is 53.3 Å². The Labute approximate surface area is 203 Å². The molecule has 1 atom stereocenters. The summed E-state index contributed by atoms with van der Waals surface area (Å²) in [6.45, 7) is 2.88. The third-order valence-electron chi connectivity index (χ3n) is 5.73. The number of hydrogen-bond acceptors (Lipinski definition) is 7. The number of para-hydroxylation sites is 1. The fourth-order valence-corrected chi connectivity index (χ4v) is 4.76. The molecule has 11 heteroatoms. The Hall–Kier alpha value is -3.70. The lowest BCUT2D eigenvalue weighted by Gasteiger charge is -2.27. The van der Waals surface area contributed by atoms with Crippen molar-refractivity contribution in [2.45, 2.75) is 19.8 Å². The van der Waals surface area contributed by atoms with Gasteiger partial charge in [0.1, 0.15) is 0 Å². The van der Waals surface area contributed by atoms with Gasteiger partial charge < -0.3 is 24.6 Å². The molecule has 1 unspecified atom stereocenters. The summed E-state index contributed by atoms with van der Waals surface area (Å²) in [6.07, 6.45) is 1.50. The molecule has 3 heterocycles. The van der Waals surface area contributed by atoms with Gasteiger partial charge in [-0.2, -0.15) is 5.21 Å². The molecule has 174 valence electrons. The molecule has 0 amide bonds. The maximum absolute atomic E-state index is 11.9. The number of ether oxygens (including phenoxy) is 1. The van der Waals surface area contributed by atoms with Crippen molar-refractivity contribution in [2.75, 3.05) is 16.8 Å². The molecule has 0 saturated carbocycles. The summed E-state index contributed by atoms with van der Waals surface area (Å²) < 4.78 is 8.73. The molecule has 0 fully saturated rings. The van der Waals surface area contributed by atoms with E-state index in [2.05, 4.69) is 41.9 Å². The van der Waals surface area contributed by atoms with E-state index >= 15 is 0 Å². The minimum Gasteiger partial charge on any atom is -0.478 e. The third kappa shape index (κ3) is 3.82. The molecule has 0 spiro atoms. The molecule has 0 bridgehead atoms. The smallest absolute Gasteiger partial charge is 0.337 e. The van der Waals surface area contributed by atoms with Gasteiger partial charge in [-0.15, -0.1) is 10.2 Å². The topological polar surface area (TPSA) is 121 Å². The number of H-pyrrole nitrogens is 1. The Balaban J connectivity index is 1.48. The van der Waals surface area contributed by atoms with Gasteiger partial charge in [0, 0.05) is 37.5 Å². The largest absolute Gasteiger partial charge is 0.478 e. The monoisotopic (exact) mass is 523 g/mol. The van der Waals surface area contributed by atoms with Crippen molar-refractivity contribution in [3.63, 3.8) is 0 Å². The van der Waals surface area contributed by atoms with Crippen molar-refractivity contribution >= 4 is 33.3 Å². The molecule has 0 radical (unpaired) electrons. The van der Waals surface area contributed by atoms with Crippen LogP contribution in [0.5, 0.6) is 0 Å².